The van der Waals surface area contributed by atoms with Crippen LogP contribution >= 0.6 is 17.0 Å². The molecule has 76 heavy (non-hydrogen) atoms. The standard InChI is InChI=1S/2C30H41.C12H9Si.2ClH.Zr/c2*1-19(2)21-14-20-12-13-26(30(9,10)11)27(25(20)17-21)22-15-23(28(3,4)5)18-24(16-22)29(6,7)8;1-3-7-11-9(5-1)10-6-2-4-8-12(10)13-11;;;/h2*12-19H,1-11H3;1-7H,13H2;2*1H;/q;;;;;+2/p-2. The van der Waals surface area contributed by atoms with E-state index in [0.717, 1.165) is 0 Å². The molecule has 2 aliphatic carbocycles. The van der Waals surface area contributed by atoms with E-state index >= 15 is 0 Å². The number of allylic oxidation sites excluding steroid dienone is 2. The summed E-state index contributed by atoms with van der Waals surface area (Å²) in [6.07, 6.45) is 5.22. The van der Waals surface area contributed by atoms with E-state index in [9.17, 15) is 17.0 Å². The van der Waals surface area contributed by atoms with Crippen LogP contribution < -0.4 is 13.6 Å². The third-order valence-corrected chi connectivity index (χ3v) is 40.4. The first-order chi connectivity index (χ1) is 34.8. The second-order valence-electron chi connectivity index (χ2n) is 30.4. The van der Waals surface area contributed by atoms with Gasteiger partial charge in [-0.05, 0) is 0 Å². The minimum absolute atomic E-state index is 0.0437. The number of rotatable bonds is 7. The molecular weight excluding hydrogens is 1060 g/mol. The van der Waals surface area contributed by atoms with Crippen molar-refractivity contribution in [3.05, 3.63) is 170 Å². The maximum absolute atomic E-state index is 9.80. The predicted octanol–water partition coefficient (Wildman–Crippen LogP) is 19.1. The van der Waals surface area contributed by atoms with Gasteiger partial charge in [0.1, 0.15) is 0 Å². The van der Waals surface area contributed by atoms with E-state index in [2.05, 4.69) is 268 Å². The van der Waals surface area contributed by atoms with Crippen LogP contribution in [-0.2, 0) is 48.9 Å². The fraction of sp³-hybridized carbons (Fsp3) is 0.444. The summed E-state index contributed by atoms with van der Waals surface area (Å²) in [4.78, 5) is 0. The van der Waals surface area contributed by atoms with Crippen LogP contribution in [0, 0.1) is 11.8 Å². The van der Waals surface area contributed by atoms with Gasteiger partial charge in [-0.2, -0.15) is 0 Å². The van der Waals surface area contributed by atoms with Crippen LogP contribution in [0.1, 0.15) is 215 Å². The first-order valence-electron chi connectivity index (χ1n) is 28.7. The summed E-state index contributed by atoms with van der Waals surface area (Å²) < 4.78 is 0.909. The molecule has 0 nitrogen and oxygen atoms in total. The first-order valence-corrected chi connectivity index (χ1v) is 40.5. The maximum atomic E-state index is 9.80. The Hall–Kier alpha value is -3.52. The van der Waals surface area contributed by atoms with Gasteiger partial charge in [-0.1, -0.05) is 0 Å². The molecule has 0 N–H and O–H groups in total. The van der Waals surface area contributed by atoms with Crippen LogP contribution in [0.3, 0.4) is 0 Å². The van der Waals surface area contributed by atoms with Crippen molar-refractivity contribution in [2.45, 2.75) is 192 Å². The molecule has 2 unspecified atom stereocenters. The average molecular weight is 1150 g/mol. The summed E-state index contributed by atoms with van der Waals surface area (Å²) >= 11 is -5.96. The van der Waals surface area contributed by atoms with Gasteiger partial charge < -0.3 is 0 Å². The van der Waals surface area contributed by atoms with Gasteiger partial charge in [0, 0.05) is 0 Å². The molecule has 0 aromatic heterocycles. The Balaban J connectivity index is 1.45. The van der Waals surface area contributed by atoms with Crippen molar-refractivity contribution in [3.8, 4) is 33.4 Å². The van der Waals surface area contributed by atoms with E-state index < -0.39 is 25.9 Å². The Labute approximate surface area is 472 Å². The third-order valence-electron chi connectivity index (χ3n) is 17.7. The van der Waals surface area contributed by atoms with E-state index in [1.54, 1.807) is 0 Å². The van der Waals surface area contributed by atoms with E-state index in [4.69, 9.17) is 0 Å². The van der Waals surface area contributed by atoms with E-state index in [0.29, 0.717) is 0 Å². The van der Waals surface area contributed by atoms with Crippen molar-refractivity contribution in [2.24, 2.45) is 11.8 Å². The topological polar surface area (TPSA) is 0 Å². The molecular formula is C72H91Cl2SiZr. The van der Waals surface area contributed by atoms with Gasteiger partial charge in [0.2, 0.25) is 0 Å². The minimum atomic E-state index is -5.96. The van der Waals surface area contributed by atoms with Gasteiger partial charge in [-0.25, -0.2) is 0 Å². The number of fused-ring (bicyclic) bond motifs is 5. The summed E-state index contributed by atoms with van der Waals surface area (Å²) in [6, 6.07) is 41.2. The Bertz CT molecular complexity index is 3150. The zero-order valence-corrected chi connectivity index (χ0v) is 56.1. The SMILES string of the molecule is CC(C)C1=Cc2c(ccc(C(C)(C)C)c2-c2cc(C(C)(C)C)cc(C(C)(C)C)c2)[CH]1[Zr]([Cl])([Cl])([c]1cccc2c1[SiH2]c1ccccc1-2)[CH]1C(C(C)C)=Cc2c1ccc(C(C)(C)C)c2-c1cc(C(C)(C)C)cc(C(C)(C)C)c1. The molecule has 0 bridgehead atoms. The molecule has 0 spiro atoms. The van der Waals surface area contributed by atoms with Gasteiger partial charge in [0.15, 0.2) is 0 Å². The molecule has 6 aromatic carbocycles. The van der Waals surface area contributed by atoms with Gasteiger partial charge in [-0.15, -0.1) is 0 Å². The summed E-state index contributed by atoms with van der Waals surface area (Å²) in [5.74, 6) is 0.376. The molecule has 0 radical (unpaired) electrons. The molecule has 1 heterocycles. The Morgan fingerprint density at radius 1 is 0.421 bits per heavy atom. The molecule has 0 saturated carbocycles. The monoisotopic (exact) mass is 1140 g/mol. The van der Waals surface area contributed by atoms with Crippen molar-refractivity contribution in [3.63, 3.8) is 0 Å². The van der Waals surface area contributed by atoms with Crippen LogP contribution in [0.15, 0.2) is 114 Å². The summed E-state index contributed by atoms with van der Waals surface area (Å²) in [5.41, 5.74) is 23.7. The van der Waals surface area contributed by atoms with E-state index in [1.807, 2.05) is 0 Å². The van der Waals surface area contributed by atoms with Crippen LogP contribution in [0.25, 0.3) is 45.5 Å². The Morgan fingerprint density at radius 2 is 0.789 bits per heavy atom. The number of halogens is 2. The van der Waals surface area contributed by atoms with Crippen LogP contribution in [0.2, 0.25) is 0 Å². The van der Waals surface area contributed by atoms with E-state index in [-0.39, 0.29) is 51.6 Å². The predicted molar refractivity (Wildman–Crippen MR) is 338 cm³/mol. The molecule has 0 fully saturated rings. The quantitative estimate of drug-likeness (QED) is 0.140. The van der Waals surface area contributed by atoms with Crippen molar-refractivity contribution >= 4 is 52.3 Å². The molecule has 1 aliphatic heterocycles. The first kappa shape index (κ1) is 57.2. The fourth-order valence-electron chi connectivity index (χ4n) is 13.4. The fourth-order valence-corrected chi connectivity index (χ4v) is 41.6. The molecule has 3 aliphatic rings. The van der Waals surface area contributed by atoms with Crippen LogP contribution in [0.5, 0.6) is 0 Å². The molecule has 0 saturated heterocycles. The second-order valence-corrected chi connectivity index (χ2v) is 52.8. The molecule has 2 atom stereocenters. The van der Waals surface area contributed by atoms with Gasteiger partial charge in [0.05, 0.1) is 0 Å². The van der Waals surface area contributed by atoms with Crippen LogP contribution in [0.4, 0.5) is 0 Å². The summed E-state index contributed by atoms with van der Waals surface area (Å²) in [7, 11) is 18.6. The van der Waals surface area contributed by atoms with Crippen LogP contribution in [-0.4, -0.2) is 9.52 Å². The Kier molecular flexibility index (Phi) is 14.1. The second kappa shape index (κ2) is 18.8. The Morgan fingerprint density at radius 3 is 1.14 bits per heavy atom. The van der Waals surface area contributed by atoms with Crippen molar-refractivity contribution in [1.82, 2.24) is 0 Å². The molecule has 401 valence electrons. The third kappa shape index (κ3) is 9.68. The normalized spacial score (nSPS) is 17.9. The van der Waals surface area contributed by atoms with Crippen molar-refractivity contribution in [1.29, 1.82) is 0 Å². The molecule has 6 aromatic rings. The molecule has 9 rings (SSSR count). The summed E-state index contributed by atoms with van der Waals surface area (Å²) in [6.45, 7) is 52.3. The average Bonchev–Trinajstić information content (AvgIpc) is 4.02. The van der Waals surface area contributed by atoms with Crippen molar-refractivity contribution < 1.29 is 16.4 Å². The molecule has 4 heteroatoms. The van der Waals surface area contributed by atoms with Gasteiger partial charge in [0.25, 0.3) is 0 Å². The number of benzene rings is 6. The van der Waals surface area contributed by atoms with Gasteiger partial charge in [-0.3, -0.25) is 0 Å². The zero-order valence-electron chi connectivity index (χ0n) is 50.7. The summed E-state index contributed by atoms with van der Waals surface area (Å²) in [5, 5.41) is 2.95. The van der Waals surface area contributed by atoms with Crippen molar-refractivity contribution in [2.75, 3.05) is 0 Å². The van der Waals surface area contributed by atoms with E-state index in [1.165, 1.54) is 114 Å². The molecule has 0 amide bonds. The zero-order chi connectivity index (χ0) is 56.0. The number of hydrogen-bond donors (Lipinski definition) is 0. The number of hydrogen-bond acceptors (Lipinski definition) is 0. The van der Waals surface area contributed by atoms with Gasteiger partial charge >= 0.3 is 476 Å².